The molecule has 0 N–H and O–H groups in total. The zero-order chi connectivity index (χ0) is 17.3. The van der Waals surface area contributed by atoms with Crippen LogP contribution in [0.4, 0.5) is 5.69 Å². The van der Waals surface area contributed by atoms with Gasteiger partial charge in [0.25, 0.3) is 10.0 Å². The molecule has 5 nitrogen and oxygen atoms in total. The number of methoxy groups -OCH3 is 1. The lowest BCUT2D eigenvalue weighted by atomic mass is 9.98. The van der Waals surface area contributed by atoms with Gasteiger partial charge < -0.3 is 4.74 Å². The standard InChI is InChI=1S/C18H19NO4S/c1-13-7-9-15(10-8-13)24(21,22)19-12-14(11-18(20)23-2)16-5-3-4-6-17(16)19/h3-10,14H,11-12H2,1-2H3. The fraction of sp³-hybridized carbons (Fsp3) is 0.278. The van der Waals surface area contributed by atoms with E-state index in [0.29, 0.717) is 5.69 Å². The summed E-state index contributed by atoms with van der Waals surface area (Å²) in [5.74, 6) is -0.543. The van der Waals surface area contributed by atoms with Crippen molar-refractivity contribution in [3.8, 4) is 0 Å². The summed E-state index contributed by atoms with van der Waals surface area (Å²) in [7, 11) is -2.33. The highest BCUT2D eigenvalue weighted by atomic mass is 32.2. The van der Waals surface area contributed by atoms with Crippen LogP contribution in [-0.2, 0) is 19.6 Å². The zero-order valence-corrected chi connectivity index (χ0v) is 14.4. The molecule has 126 valence electrons. The quantitative estimate of drug-likeness (QED) is 0.800. The van der Waals surface area contributed by atoms with Gasteiger partial charge in [0.05, 0.1) is 24.1 Å². The largest absolute Gasteiger partial charge is 0.469 e. The number of carbonyl (C=O) groups excluding carboxylic acids is 1. The van der Waals surface area contributed by atoms with Crippen molar-refractivity contribution in [1.82, 2.24) is 0 Å². The Hall–Kier alpha value is -2.34. The highest BCUT2D eigenvalue weighted by molar-refractivity contribution is 7.92. The van der Waals surface area contributed by atoms with E-state index in [0.717, 1.165) is 11.1 Å². The lowest BCUT2D eigenvalue weighted by molar-refractivity contribution is -0.140. The summed E-state index contributed by atoms with van der Waals surface area (Å²) >= 11 is 0. The number of carbonyl (C=O) groups is 1. The molecule has 1 atom stereocenters. The average molecular weight is 345 g/mol. The maximum absolute atomic E-state index is 13.0. The van der Waals surface area contributed by atoms with Crippen molar-refractivity contribution in [3.63, 3.8) is 0 Å². The van der Waals surface area contributed by atoms with Crippen LogP contribution in [-0.4, -0.2) is 28.0 Å². The van der Waals surface area contributed by atoms with Gasteiger partial charge in [0.1, 0.15) is 0 Å². The maximum Gasteiger partial charge on any atom is 0.306 e. The second kappa shape index (κ2) is 6.28. The van der Waals surface area contributed by atoms with E-state index >= 15 is 0 Å². The van der Waals surface area contributed by atoms with Gasteiger partial charge in [0.15, 0.2) is 0 Å². The molecule has 2 aromatic carbocycles. The highest BCUT2D eigenvalue weighted by Gasteiger charge is 2.37. The molecule has 0 fully saturated rings. The first-order valence-corrected chi connectivity index (χ1v) is 9.12. The molecule has 0 aliphatic carbocycles. The minimum Gasteiger partial charge on any atom is -0.469 e. The van der Waals surface area contributed by atoms with Gasteiger partial charge in [-0.05, 0) is 30.7 Å². The monoisotopic (exact) mass is 345 g/mol. The maximum atomic E-state index is 13.0. The predicted octanol–water partition coefficient (Wildman–Crippen LogP) is 2.85. The lowest BCUT2D eigenvalue weighted by Crippen LogP contribution is -2.30. The molecule has 3 rings (SSSR count). The second-order valence-electron chi connectivity index (χ2n) is 5.89. The Bertz CT molecular complexity index is 859. The normalized spacial score (nSPS) is 16.8. The molecule has 0 saturated heterocycles. The van der Waals surface area contributed by atoms with Gasteiger partial charge in [-0.3, -0.25) is 9.10 Å². The van der Waals surface area contributed by atoms with Gasteiger partial charge in [0.2, 0.25) is 0 Å². The van der Waals surface area contributed by atoms with E-state index in [-0.39, 0.29) is 29.7 Å². The zero-order valence-electron chi connectivity index (χ0n) is 13.6. The first-order valence-electron chi connectivity index (χ1n) is 7.68. The third kappa shape index (κ3) is 2.89. The van der Waals surface area contributed by atoms with E-state index in [1.54, 1.807) is 36.4 Å². The molecular weight excluding hydrogens is 326 g/mol. The number of benzene rings is 2. The third-order valence-electron chi connectivity index (χ3n) is 4.28. The third-order valence-corrected chi connectivity index (χ3v) is 6.08. The molecule has 0 bridgehead atoms. The van der Waals surface area contributed by atoms with Crippen molar-refractivity contribution in [2.45, 2.75) is 24.2 Å². The molecule has 1 aliphatic rings. The summed E-state index contributed by atoms with van der Waals surface area (Å²) in [6.45, 7) is 2.15. The van der Waals surface area contributed by atoms with Crippen LogP contribution in [0.15, 0.2) is 53.4 Å². The van der Waals surface area contributed by atoms with Gasteiger partial charge >= 0.3 is 5.97 Å². The minimum atomic E-state index is -3.66. The Kier molecular flexibility index (Phi) is 4.32. The van der Waals surface area contributed by atoms with Crippen LogP contribution in [0.2, 0.25) is 0 Å². The summed E-state index contributed by atoms with van der Waals surface area (Å²) in [5.41, 5.74) is 2.49. The highest BCUT2D eigenvalue weighted by Crippen LogP contribution is 2.41. The van der Waals surface area contributed by atoms with E-state index in [1.807, 2.05) is 19.1 Å². The van der Waals surface area contributed by atoms with Gasteiger partial charge in [-0.25, -0.2) is 8.42 Å². The van der Waals surface area contributed by atoms with E-state index in [9.17, 15) is 13.2 Å². The van der Waals surface area contributed by atoms with Crippen LogP contribution in [0, 0.1) is 6.92 Å². The summed E-state index contributed by atoms with van der Waals surface area (Å²) in [6.07, 6.45) is 0.160. The molecule has 0 aromatic heterocycles. The van der Waals surface area contributed by atoms with Crippen LogP contribution in [0.5, 0.6) is 0 Å². The van der Waals surface area contributed by atoms with Gasteiger partial charge in [-0.2, -0.15) is 0 Å². The number of fused-ring (bicyclic) bond motifs is 1. The van der Waals surface area contributed by atoms with Crippen molar-refractivity contribution in [2.24, 2.45) is 0 Å². The van der Waals surface area contributed by atoms with E-state index in [4.69, 9.17) is 4.74 Å². The molecule has 6 heteroatoms. The number of hydrogen-bond acceptors (Lipinski definition) is 4. The van der Waals surface area contributed by atoms with Crippen LogP contribution in [0.1, 0.15) is 23.5 Å². The van der Waals surface area contributed by atoms with Crippen molar-refractivity contribution in [1.29, 1.82) is 0 Å². The number of ether oxygens (including phenoxy) is 1. The number of sulfonamides is 1. The Morgan fingerprint density at radius 1 is 1.17 bits per heavy atom. The number of para-hydroxylation sites is 1. The molecule has 0 amide bonds. The topological polar surface area (TPSA) is 63.7 Å². The Morgan fingerprint density at radius 2 is 1.83 bits per heavy atom. The predicted molar refractivity (Wildman–Crippen MR) is 91.5 cm³/mol. The number of esters is 1. The molecule has 1 heterocycles. The summed E-state index contributed by atoms with van der Waals surface area (Å²) in [4.78, 5) is 11.9. The number of hydrogen-bond donors (Lipinski definition) is 0. The fourth-order valence-corrected chi connectivity index (χ4v) is 4.52. The first-order chi connectivity index (χ1) is 11.4. The molecule has 0 radical (unpaired) electrons. The molecular formula is C18H19NO4S. The molecule has 1 unspecified atom stereocenters. The van der Waals surface area contributed by atoms with Crippen molar-refractivity contribution in [2.75, 3.05) is 18.0 Å². The Labute approximate surface area is 141 Å². The lowest BCUT2D eigenvalue weighted by Gasteiger charge is -2.20. The van der Waals surface area contributed by atoms with Crippen LogP contribution in [0.3, 0.4) is 0 Å². The van der Waals surface area contributed by atoms with E-state index in [2.05, 4.69) is 0 Å². The summed E-state index contributed by atoms with van der Waals surface area (Å²) in [6, 6.07) is 14.1. The molecule has 0 saturated carbocycles. The van der Waals surface area contributed by atoms with Gasteiger partial charge in [-0.15, -0.1) is 0 Å². The van der Waals surface area contributed by atoms with Crippen molar-refractivity contribution < 1.29 is 17.9 Å². The van der Waals surface area contributed by atoms with E-state index in [1.165, 1.54) is 11.4 Å². The van der Waals surface area contributed by atoms with E-state index < -0.39 is 10.0 Å². The molecule has 2 aromatic rings. The second-order valence-corrected chi connectivity index (χ2v) is 7.75. The first kappa shape index (κ1) is 16.5. The summed E-state index contributed by atoms with van der Waals surface area (Å²) < 4.78 is 32.2. The molecule has 24 heavy (non-hydrogen) atoms. The van der Waals surface area contributed by atoms with Crippen LogP contribution < -0.4 is 4.31 Å². The van der Waals surface area contributed by atoms with Crippen LogP contribution in [0.25, 0.3) is 0 Å². The average Bonchev–Trinajstić information content (AvgIpc) is 2.95. The van der Waals surface area contributed by atoms with Crippen molar-refractivity contribution >= 4 is 21.7 Å². The minimum absolute atomic E-state index is 0.160. The summed E-state index contributed by atoms with van der Waals surface area (Å²) in [5, 5.41) is 0. The smallest absolute Gasteiger partial charge is 0.306 e. The van der Waals surface area contributed by atoms with Gasteiger partial charge in [-0.1, -0.05) is 35.9 Å². The van der Waals surface area contributed by atoms with Crippen LogP contribution >= 0.6 is 0 Å². The number of aryl methyl sites for hydroxylation is 1. The fourth-order valence-electron chi connectivity index (χ4n) is 2.98. The van der Waals surface area contributed by atoms with Crippen molar-refractivity contribution in [3.05, 3.63) is 59.7 Å². The number of nitrogens with zero attached hydrogens (tertiary/aromatic N) is 1. The number of rotatable bonds is 4. The Morgan fingerprint density at radius 3 is 2.50 bits per heavy atom. The number of anilines is 1. The SMILES string of the molecule is COC(=O)CC1CN(S(=O)(=O)c2ccc(C)cc2)c2ccccc21. The Balaban J connectivity index is 2.00. The van der Waals surface area contributed by atoms with Gasteiger partial charge in [0, 0.05) is 12.5 Å². The molecule has 0 spiro atoms. The molecule has 1 aliphatic heterocycles.